The summed E-state index contributed by atoms with van der Waals surface area (Å²) < 4.78 is 24.2. The number of hydrogen-bond acceptors (Lipinski definition) is 18. The predicted octanol–water partition coefficient (Wildman–Crippen LogP) is 14.1. The van der Waals surface area contributed by atoms with Crippen LogP contribution in [0.3, 0.4) is 0 Å². The van der Waals surface area contributed by atoms with Crippen LogP contribution in [-0.2, 0) is 0 Å². The molecule has 1 unspecified atom stereocenters. The van der Waals surface area contributed by atoms with E-state index in [0.717, 1.165) is 89.0 Å². The molecule has 0 fully saturated rings. The fourth-order valence-electron chi connectivity index (χ4n) is 11.7. The Balaban J connectivity index is 0.000000133. The van der Waals surface area contributed by atoms with Gasteiger partial charge in [-0.1, -0.05) is 54.6 Å². The van der Waals surface area contributed by atoms with Gasteiger partial charge in [0.2, 0.25) is 0 Å². The Morgan fingerprint density at radius 1 is 0.374 bits per heavy atom. The molecule has 12 aromatic rings. The molecule has 0 radical (unpaired) electrons. The number of nitrogens with one attached hydrogen (secondary N) is 3. The summed E-state index contributed by atoms with van der Waals surface area (Å²) in [7, 11) is 0. The maximum Gasteiger partial charge on any atom is 0.260 e. The van der Waals surface area contributed by atoms with E-state index in [-0.39, 0.29) is 35.8 Å². The van der Waals surface area contributed by atoms with E-state index in [0.29, 0.717) is 106 Å². The number of benzene rings is 3. The molecule has 498 valence electrons. The molecule has 99 heavy (non-hydrogen) atoms. The second-order valence-corrected chi connectivity index (χ2v) is 24.5. The summed E-state index contributed by atoms with van der Waals surface area (Å²) in [6.07, 6.45) is 15.6. The van der Waals surface area contributed by atoms with Gasteiger partial charge in [-0.05, 0) is 188 Å². The molecule has 0 aliphatic carbocycles. The van der Waals surface area contributed by atoms with Crippen LogP contribution in [0.15, 0.2) is 183 Å². The van der Waals surface area contributed by atoms with Gasteiger partial charge in [-0.15, -0.1) is 30.6 Å². The first kappa shape index (κ1) is 65.5. The summed E-state index contributed by atoms with van der Waals surface area (Å²) >= 11 is 0. The molecule has 9 aromatic heterocycles. The molecule has 24 heteroatoms. The van der Waals surface area contributed by atoms with E-state index < -0.39 is 0 Å². The highest BCUT2D eigenvalue weighted by molar-refractivity contribution is 6.08. The fraction of sp³-hybridized carbons (Fsp3) is 0.240. The first-order chi connectivity index (χ1) is 48.2. The van der Waals surface area contributed by atoms with E-state index in [2.05, 4.69) is 97.2 Å². The average Bonchev–Trinajstić information content (AvgIpc) is 1.80. The number of carbonyl (C=O) groups excluding carboxylic acids is 3. The van der Waals surface area contributed by atoms with Crippen LogP contribution in [0, 0.1) is 20.8 Å². The van der Waals surface area contributed by atoms with Crippen molar-refractivity contribution >= 4 is 35.2 Å². The lowest BCUT2D eigenvalue weighted by atomic mass is 10.0. The highest BCUT2D eigenvalue weighted by Gasteiger charge is 2.24. The topological polar surface area (TPSA) is 284 Å². The van der Waals surface area contributed by atoms with E-state index in [1.165, 1.54) is 0 Å². The van der Waals surface area contributed by atoms with Crippen molar-refractivity contribution in [3.05, 3.63) is 217 Å². The van der Waals surface area contributed by atoms with E-state index in [9.17, 15) is 14.4 Å². The van der Waals surface area contributed by atoms with Crippen LogP contribution in [0.1, 0.15) is 126 Å². The lowest BCUT2D eigenvalue weighted by Gasteiger charge is -2.18. The number of anilines is 3. The van der Waals surface area contributed by atoms with Crippen LogP contribution < -0.4 is 30.2 Å². The minimum atomic E-state index is -0.288. The van der Waals surface area contributed by atoms with Gasteiger partial charge in [0, 0.05) is 70.5 Å². The molecule has 3 amide bonds. The van der Waals surface area contributed by atoms with Gasteiger partial charge in [0.05, 0.1) is 36.5 Å². The molecule has 3 aromatic carbocycles. The third kappa shape index (κ3) is 15.4. The molecular formula is C75H72N18O6. The van der Waals surface area contributed by atoms with Gasteiger partial charge in [-0.25, -0.2) is 15.0 Å². The number of fused-ring (bicyclic) bond motifs is 15. The Kier molecular flexibility index (Phi) is 19.7. The lowest BCUT2D eigenvalue weighted by molar-refractivity contribution is 0.101. The quantitative estimate of drug-likeness (QED) is 0.148. The zero-order chi connectivity index (χ0) is 68.4. The summed E-state index contributed by atoms with van der Waals surface area (Å²) in [6.45, 7) is 13.7. The second-order valence-electron chi connectivity index (χ2n) is 24.5. The molecule has 6 bridgehead atoms. The highest BCUT2D eigenvalue weighted by Crippen LogP contribution is 2.34. The maximum atomic E-state index is 13.3. The Morgan fingerprint density at radius 3 is 0.949 bits per heavy atom. The Labute approximate surface area is 571 Å². The zero-order valence-corrected chi connectivity index (χ0v) is 55.6. The van der Waals surface area contributed by atoms with Crippen LogP contribution in [-0.4, -0.2) is 112 Å². The van der Waals surface area contributed by atoms with E-state index in [1.54, 1.807) is 55.8 Å². The van der Waals surface area contributed by atoms with Crippen LogP contribution in [0.4, 0.5) is 17.5 Å². The van der Waals surface area contributed by atoms with Crippen molar-refractivity contribution in [2.75, 3.05) is 35.8 Å². The van der Waals surface area contributed by atoms with Gasteiger partial charge < -0.3 is 43.9 Å². The number of ether oxygens (including phenoxy) is 3. The van der Waals surface area contributed by atoms with Crippen LogP contribution >= 0.6 is 0 Å². The summed E-state index contributed by atoms with van der Waals surface area (Å²) in [5, 5.41) is 33.7. The number of hydrogen-bond donors (Lipinski definition) is 3. The van der Waals surface area contributed by atoms with E-state index >= 15 is 0 Å². The third-order valence-electron chi connectivity index (χ3n) is 17.3. The highest BCUT2D eigenvalue weighted by atomic mass is 16.5. The van der Waals surface area contributed by atoms with Crippen LogP contribution in [0.2, 0.25) is 0 Å². The normalized spacial score (nSPS) is 16.1. The molecule has 3 aliphatic heterocycles. The fourth-order valence-corrected chi connectivity index (χ4v) is 11.7. The predicted molar refractivity (Wildman–Crippen MR) is 375 cm³/mol. The molecule has 0 saturated heterocycles. The molecule has 3 atom stereocenters. The average molecular weight is 1320 g/mol. The van der Waals surface area contributed by atoms with E-state index in [1.807, 2.05) is 162 Å². The minimum absolute atomic E-state index is 0.178. The summed E-state index contributed by atoms with van der Waals surface area (Å²) in [5.41, 5.74) is 11.6. The summed E-state index contributed by atoms with van der Waals surface area (Å²) in [6, 6.07) is 45.7. The molecule has 15 rings (SSSR count). The largest absolute Gasteiger partial charge is 0.493 e. The van der Waals surface area contributed by atoms with Gasteiger partial charge in [-0.2, -0.15) is 0 Å². The van der Waals surface area contributed by atoms with Crippen molar-refractivity contribution in [2.24, 2.45) is 0 Å². The molecule has 0 spiro atoms. The van der Waals surface area contributed by atoms with Gasteiger partial charge in [0.15, 0.2) is 17.5 Å². The first-order valence-electron chi connectivity index (χ1n) is 32.9. The Hall–Kier alpha value is -12.2. The summed E-state index contributed by atoms with van der Waals surface area (Å²) in [4.78, 5) is 66.8. The lowest BCUT2D eigenvalue weighted by Crippen LogP contribution is -2.16. The standard InChI is InChI=1S/3C25H24N6O2/c3*1-16-8-9-19(14-26-16)18-10-11-22-20(13-18)25(32)29-23-7-3-6-21(28-23)24-30-27-15-31(24)17(2)5-4-12-33-22/h3*3,6-11,13-15,17H,4-5,12H2,1-2H3,(H,28,29,32)/t2*17-;/m10./s1. The molecular weight excluding hydrogens is 1250 g/mol. The Bertz CT molecular complexity index is 4380. The first-order valence-corrected chi connectivity index (χ1v) is 32.9. The SMILES string of the molecule is Cc1ccc(-c2ccc3c(c2)C(=O)Nc2cccc(n2)-c2nncn2C(C)CCCO3)cn1.Cc1ccc(-c2ccc3c(c2)C(=O)Nc2cccc(n2)-c2nncn2[C@@H](C)CCCO3)cn1.Cc1ccc(-c2ccc3c(c2)C(=O)Nc2cccc(n2)-c2nncn2[C@H](C)CCCO3)cn1. The smallest absolute Gasteiger partial charge is 0.260 e. The molecule has 12 heterocycles. The molecule has 0 saturated carbocycles. The number of carbonyl (C=O) groups is 3. The maximum absolute atomic E-state index is 13.3. The number of nitrogens with zero attached hydrogens (tertiary/aromatic N) is 15. The van der Waals surface area contributed by atoms with Gasteiger partial charge in [0.1, 0.15) is 70.8 Å². The van der Waals surface area contributed by atoms with Crippen molar-refractivity contribution < 1.29 is 28.6 Å². The Morgan fingerprint density at radius 2 is 0.667 bits per heavy atom. The van der Waals surface area contributed by atoms with Crippen molar-refractivity contribution in [1.29, 1.82) is 0 Å². The van der Waals surface area contributed by atoms with Crippen molar-refractivity contribution in [1.82, 2.24) is 74.2 Å². The number of pyridine rings is 6. The second kappa shape index (κ2) is 29.8. The van der Waals surface area contributed by atoms with Gasteiger partial charge >= 0.3 is 0 Å². The summed E-state index contributed by atoms with van der Waals surface area (Å²) in [5.74, 6) is 4.09. The molecule has 3 aliphatic rings. The minimum Gasteiger partial charge on any atom is -0.493 e. The molecule has 24 nitrogen and oxygen atoms in total. The third-order valence-corrected chi connectivity index (χ3v) is 17.3. The monoisotopic (exact) mass is 1320 g/mol. The number of aromatic nitrogens is 15. The van der Waals surface area contributed by atoms with Crippen molar-refractivity contribution in [3.8, 4) is 85.2 Å². The number of amides is 3. The van der Waals surface area contributed by atoms with Crippen molar-refractivity contribution in [2.45, 2.75) is 98.2 Å². The van der Waals surface area contributed by atoms with E-state index in [4.69, 9.17) is 14.2 Å². The number of aryl methyl sites for hydroxylation is 3. The van der Waals surface area contributed by atoms with Crippen LogP contribution in [0.5, 0.6) is 17.2 Å². The van der Waals surface area contributed by atoms with Crippen molar-refractivity contribution in [3.63, 3.8) is 0 Å². The van der Waals surface area contributed by atoms with Gasteiger partial charge in [-0.3, -0.25) is 29.3 Å². The zero-order valence-electron chi connectivity index (χ0n) is 55.6. The van der Waals surface area contributed by atoms with Gasteiger partial charge in [0.25, 0.3) is 17.7 Å². The number of rotatable bonds is 3. The molecule has 3 N–H and O–H groups in total. The van der Waals surface area contributed by atoms with Crippen LogP contribution in [0.25, 0.3) is 67.9 Å².